The molecule has 3 rings (SSSR count). The number of ketones is 1. The molecule has 0 saturated heterocycles. The highest BCUT2D eigenvalue weighted by Gasteiger charge is 2.58. The van der Waals surface area contributed by atoms with Gasteiger partial charge in [0.05, 0.1) is 12.2 Å². The van der Waals surface area contributed by atoms with Crippen LogP contribution >= 0.6 is 0 Å². The van der Waals surface area contributed by atoms with Gasteiger partial charge in [-0.05, 0) is 74.7 Å². The van der Waals surface area contributed by atoms with Gasteiger partial charge in [0.15, 0.2) is 0 Å². The minimum atomic E-state index is -0.446. The molecule has 4 nitrogen and oxygen atoms in total. The van der Waals surface area contributed by atoms with Gasteiger partial charge in [-0.3, -0.25) is 4.79 Å². The SMILES string of the molecule is C[C@]1(C2CC[C@]3(C)C(=O)CCC3[C@@H]2CCN)CC[C@H](O)CC1O. The molecule has 23 heavy (non-hydrogen) atoms. The molecule has 0 aliphatic heterocycles. The van der Waals surface area contributed by atoms with Crippen molar-refractivity contribution in [3.63, 3.8) is 0 Å². The Morgan fingerprint density at radius 2 is 1.87 bits per heavy atom. The number of nitrogens with two attached hydrogens (primary N) is 1. The Morgan fingerprint density at radius 1 is 1.13 bits per heavy atom. The van der Waals surface area contributed by atoms with Crippen LogP contribution in [0.3, 0.4) is 0 Å². The number of Topliss-reactive ketones (excluding diaryl/α,β-unsaturated/α-hetero) is 1. The van der Waals surface area contributed by atoms with E-state index in [1.165, 1.54) is 0 Å². The minimum Gasteiger partial charge on any atom is -0.393 e. The number of carbonyl (C=O) groups is 1. The smallest absolute Gasteiger partial charge is 0.139 e. The quantitative estimate of drug-likeness (QED) is 0.744. The monoisotopic (exact) mass is 323 g/mol. The largest absolute Gasteiger partial charge is 0.393 e. The van der Waals surface area contributed by atoms with Gasteiger partial charge in [0.1, 0.15) is 5.78 Å². The van der Waals surface area contributed by atoms with Crippen molar-refractivity contribution in [2.75, 3.05) is 6.54 Å². The second-order valence-electron chi connectivity index (χ2n) is 8.82. The van der Waals surface area contributed by atoms with Crippen molar-refractivity contribution >= 4 is 5.78 Å². The number of carbonyl (C=O) groups excluding carboxylic acids is 1. The first-order chi connectivity index (χ1) is 10.8. The van der Waals surface area contributed by atoms with Crippen molar-refractivity contribution in [1.82, 2.24) is 0 Å². The number of aliphatic hydroxyl groups excluding tert-OH is 2. The normalized spacial score (nSPS) is 50.8. The lowest BCUT2D eigenvalue weighted by molar-refractivity contribution is -0.140. The van der Waals surface area contributed by atoms with Gasteiger partial charge in [0, 0.05) is 11.8 Å². The van der Waals surface area contributed by atoms with Crippen LogP contribution in [0.1, 0.15) is 65.2 Å². The number of rotatable bonds is 3. The Balaban J connectivity index is 1.88. The van der Waals surface area contributed by atoms with E-state index in [1.54, 1.807) is 0 Å². The average molecular weight is 323 g/mol. The highest BCUT2D eigenvalue weighted by molar-refractivity contribution is 5.87. The summed E-state index contributed by atoms with van der Waals surface area (Å²) in [6.45, 7) is 5.02. The van der Waals surface area contributed by atoms with E-state index in [0.29, 0.717) is 42.9 Å². The zero-order valence-electron chi connectivity index (χ0n) is 14.6. The van der Waals surface area contributed by atoms with Crippen LogP contribution in [-0.2, 0) is 4.79 Å². The molecule has 3 aliphatic rings. The molecule has 132 valence electrons. The molecule has 0 radical (unpaired) electrons. The molecule has 0 aromatic rings. The molecule has 3 aliphatic carbocycles. The van der Waals surface area contributed by atoms with E-state index in [2.05, 4.69) is 13.8 Å². The number of aliphatic hydroxyl groups is 2. The number of fused-ring (bicyclic) bond motifs is 1. The maximum Gasteiger partial charge on any atom is 0.139 e. The molecule has 0 spiro atoms. The van der Waals surface area contributed by atoms with Crippen LogP contribution < -0.4 is 5.73 Å². The summed E-state index contributed by atoms with van der Waals surface area (Å²) >= 11 is 0. The molecule has 0 aromatic carbocycles. The van der Waals surface area contributed by atoms with E-state index >= 15 is 0 Å². The molecule has 0 amide bonds. The fraction of sp³-hybridized carbons (Fsp3) is 0.947. The summed E-state index contributed by atoms with van der Waals surface area (Å²) < 4.78 is 0. The molecule has 0 aromatic heterocycles. The lowest BCUT2D eigenvalue weighted by atomic mass is 9.50. The summed E-state index contributed by atoms with van der Waals surface area (Å²) in [6, 6.07) is 0. The summed E-state index contributed by atoms with van der Waals surface area (Å²) in [5.74, 6) is 1.71. The van der Waals surface area contributed by atoms with E-state index in [-0.39, 0.29) is 16.9 Å². The van der Waals surface area contributed by atoms with Crippen molar-refractivity contribution in [1.29, 1.82) is 0 Å². The summed E-state index contributed by atoms with van der Waals surface area (Å²) in [5, 5.41) is 20.6. The molecule has 0 bridgehead atoms. The van der Waals surface area contributed by atoms with E-state index in [9.17, 15) is 15.0 Å². The van der Waals surface area contributed by atoms with Crippen LogP contribution in [0.15, 0.2) is 0 Å². The zero-order valence-corrected chi connectivity index (χ0v) is 14.6. The summed E-state index contributed by atoms with van der Waals surface area (Å²) in [7, 11) is 0. The molecular weight excluding hydrogens is 290 g/mol. The van der Waals surface area contributed by atoms with Gasteiger partial charge >= 0.3 is 0 Å². The standard InChI is InChI=1S/C19H33NO3/c1-18-9-6-15(19(2)8-5-12(21)11-17(19)23)13(7-10-20)14(18)3-4-16(18)22/h12-15,17,21,23H,3-11,20H2,1-2H3/t12-,13-,14?,15?,17?,18-,19+/m0/s1. The second-order valence-corrected chi connectivity index (χ2v) is 8.82. The molecule has 4 N–H and O–H groups in total. The van der Waals surface area contributed by atoms with E-state index in [4.69, 9.17) is 5.73 Å². The predicted molar refractivity (Wildman–Crippen MR) is 89.7 cm³/mol. The summed E-state index contributed by atoms with van der Waals surface area (Å²) in [6.07, 6.45) is 5.94. The fourth-order valence-corrected chi connectivity index (χ4v) is 6.19. The van der Waals surface area contributed by atoms with Crippen LogP contribution in [-0.4, -0.2) is 34.7 Å². The van der Waals surface area contributed by atoms with Gasteiger partial charge in [0.2, 0.25) is 0 Å². The van der Waals surface area contributed by atoms with Gasteiger partial charge in [-0.15, -0.1) is 0 Å². The van der Waals surface area contributed by atoms with Gasteiger partial charge < -0.3 is 15.9 Å². The molecular formula is C19H33NO3. The first-order valence-corrected chi connectivity index (χ1v) is 9.42. The van der Waals surface area contributed by atoms with Crippen molar-refractivity contribution in [3.8, 4) is 0 Å². The second kappa shape index (κ2) is 6.12. The molecule has 7 atom stereocenters. The Hall–Kier alpha value is -0.450. The van der Waals surface area contributed by atoms with Crippen molar-refractivity contribution < 1.29 is 15.0 Å². The lowest BCUT2D eigenvalue weighted by Crippen LogP contribution is -2.53. The predicted octanol–water partition coefficient (Wildman–Crippen LogP) is 2.26. The molecule has 3 unspecified atom stereocenters. The molecule has 4 heteroatoms. The van der Waals surface area contributed by atoms with Crippen molar-refractivity contribution in [2.24, 2.45) is 34.3 Å². The minimum absolute atomic E-state index is 0.147. The Kier molecular flexibility index (Phi) is 4.63. The third kappa shape index (κ3) is 2.67. The number of hydrogen-bond acceptors (Lipinski definition) is 4. The first-order valence-electron chi connectivity index (χ1n) is 9.42. The molecule has 3 fully saturated rings. The Morgan fingerprint density at radius 3 is 2.52 bits per heavy atom. The summed E-state index contributed by atoms with van der Waals surface area (Å²) in [4.78, 5) is 12.4. The Bertz CT molecular complexity index is 468. The molecule has 3 saturated carbocycles. The van der Waals surface area contributed by atoms with Crippen LogP contribution in [0.4, 0.5) is 0 Å². The van der Waals surface area contributed by atoms with E-state index < -0.39 is 6.10 Å². The fourth-order valence-electron chi connectivity index (χ4n) is 6.19. The maximum atomic E-state index is 12.4. The summed E-state index contributed by atoms with van der Waals surface area (Å²) in [5.41, 5.74) is 5.62. The molecule has 0 heterocycles. The van der Waals surface area contributed by atoms with Crippen LogP contribution in [0.5, 0.6) is 0 Å². The van der Waals surface area contributed by atoms with Crippen molar-refractivity contribution in [3.05, 3.63) is 0 Å². The zero-order chi connectivity index (χ0) is 16.8. The average Bonchev–Trinajstić information content (AvgIpc) is 2.80. The van der Waals surface area contributed by atoms with Crippen LogP contribution in [0, 0.1) is 28.6 Å². The van der Waals surface area contributed by atoms with Gasteiger partial charge in [-0.25, -0.2) is 0 Å². The van der Waals surface area contributed by atoms with Gasteiger partial charge in [0.25, 0.3) is 0 Å². The maximum absolute atomic E-state index is 12.4. The van der Waals surface area contributed by atoms with E-state index in [0.717, 1.165) is 38.5 Å². The third-order valence-corrected chi connectivity index (χ3v) is 7.77. The first kappa shape index (κ1) is 17.4. The number of hydrogen-bond donors (Lipinski definition) is 3. The third-order valence-electron chi connectivity index (χ3n) is 7.77. The highest BCUT2D eigenvalue weighted by atomic mass is 16.3. The van der Waals surface area contributed by atoms with Gasteiger partial charge in [-0.1, -0.05) is 13.8 Å². The Labute approximate surface area is 139 Å². The lowest BCUT2D eigenvalue weighted by Gasteiger charge is -2.55. The van der Waals surface area contributed by atoms with Crippen LogP contribution in [0.25, 0.3) is 0 Å². The van der Waals surface area contributed by atoms with Crippen LogP contribution in [0.2, 0.25) is 0 Å². The van der Waals surface area contributed by atoms with Crippen molar-refractivity contribution in [2.45, 2.75) is 77.4 Å². The van der Waals surface area contributed by atoms with E-state index in [1.807, 2.05) is 0 Å². The topological polar surface area (TPSA) is 83.6 Å². The van der Waals surface area contributed by atoms with Gasteiger partial charge in [-0.2, -0.15) is 0 Å². The highest BCUT2D eigenvalue weighted by Crippen LogP contribution is 2.60.